The average molecular weight is 380 g/mol. The zero-order valence-electron chi connectivity index (χ0n) is 15.4. The summed E-state index contributed by atoms with van der Waals surface area (Å²) in [5.74, 6) is 2.56. The lowest BCUT2D eigenvalue weighted by atomic mass is 10.0. The van der Waals surface area contributed by atoms with E-state index in [1.54, 1.807) is 7.11 Å². The molecule has 26 heavy (non-hydrogen) atoms. The highest BCUT2D eigenvalue weighted by atomic mass is 35.5. The van der Waals surface area contributed by atoms with Gasteiger partial charge in [0.15, 0.2) is 0 Å². The summed E-state index contributed by atoms with van der Waals surface area (Å²) in [7, 11) is 1.71. The van der Waals surface area contributed by atoms with Gasteiger partial charge in [-0.3, -0.25) is 9.69 Å². The van der Waals surface area contributed by atoms with E-state index in [-0.39, 0.29) is 24.4 Å². The number of hydrogen-bond acceptors (Lipinski definition) is 4. The van der Waals surface area contributed by atoms with Crippen LogP contribution in [0.25, 0.3) is 0 Å². The maximum atomic E-state index is 12.7. The monoisotopic (exact) mass is 379 g/mol. The predicted molar refractivity (Wildman–Crippen MR) is 105 cm³/mol. The van der Waals surface area contributed by atoms with Crippen LogP contribution < -0.4 is 15.4 Å². The molecule has 1 aromatic carbocycles. The third-order valence-corrected chi connectivity index (χ3v) is 5.79. The summed E-state index contributed by atoms with van der Waals surface area (Å²) in [5, 5.41) is 6.81. The van der Waals surface area contributed by atoms with Crippen molar-refractivity contribution in [2.45, 2.75) is 37.8 Å². The van der Waals surface area contributed by atoms with E-state index in [4.69, 9.17) is 4.74 Å². The number of piperazine rings is 1. The van der Waals surface area contributed by atoms with Gasteiger partial charge in [-0.2, -0.15) is 0 Å². The molecule has 4 rings (SSSR count). The lowest BCUT2D eigenvalue weighted by Gasteiger charge is -2.36. The van der Waals surface area contributed by atoms with Crippen LogP contribution >= 0.6 is 12.4 Å². The van der Waals surface area contributed by atoms with Crippen LogP contribution in [0.2, 0.25) is 0 Å². The first-order valence-corrected chi connectivity index (χ1v) is 9.63. The molecule has 2 N–H and O–H groups in total. The Bertz CT molecular complexity index is 607. The first-order chi connectivity index (χ1) is 12.3. The van der Waals surface area contributed by atoms with Crippen molar-refractivity contribution in [3.8, 4) is 5.75 Å². The van der Waals surface area contributed by atoms with E-state index in [1.807, 2.05) is 18.2 Å². The molecule has 0 aromatic heterocycles. The van der Waals surface area contributed by atoms with E-state index in [0.717, 1.165) is 42.8 Å². The van der Waals surface area contributed by atoms with Gasteiger partial charge in [0.05, 0.1) is 19.7 Å². The Morgan fingerprint density at radius 3 is 2.62 bits per heavy atom. The first-order valence-electron chi connectivity index (χ1n) is 9.63. The molecule has 3 fully saturated rings. The maximum Gasteiger partial charge on any atom is 0.234 e. The van der Waals surface area contributed by atoms with Crippen LogP contribution in [0.3, 0.4) is 0 Å². The fourth-order valence-corrected chi connectivity index (χ4v) is 4.13. The minimum atomic E-state index is 0. The van der Waals surface area contributed by atoms with Crippen molar-refractivity contribution in [2.24, 2.45) is 11.8 Å². The van der Waals surface area contributed by atoms with Crippen LogP contribution in [0.15, 0.2) is 24.3 Å². The number of carbonyl (C=O) groups excluding carboxylic acids is 1. The highest BCUT2D eigenvalue weighted by Crippen LogP contribution is 2.44. The van der Waals surface area contributed by atoms with E-state index < -0.39 is 0 Å². The molecule has 0 radical (unpaired) electrons. The molecule has 1 unspecified atom stereocenters. The fourth-order valence-electron chi connectivity index (χ4n) is 4.13. The van der Waals surface area contributed by atoms with E-state index in [1.165, 1.54) is 25.7 Å². The Hall–Kier alpha value is -1.30. The average Bonchev–Trinajstić information content (AvgIpc) is 3.54. The second kappa shape index (κ2) is 8.59. The Labute approximate surface area is 162 Å². The summed E-state index contributed by atoms with van der Waals surface area (Å²) in [6.07, 6.45) is 5.16. The minimum Gasteiger partial charge on any atom is -0.496 e. The Kier molecular flexibility index (Phi) is 6.43. The highest BCUT2D eigenvalue weighted by molar-refractivity contribution is 5.85. The van der Waals surface area contributed by atoms with Crippen molar-refractivity contribution < 1.29 is 9.53 Å². The topological polar surface area (TPSA) is 53.6 Å². The summed E-state index contributed by atoms with van der Waals surface area (Å²) < 4.78 is 5.54. The standard InChI is InChI=1S/C20H29N3O2.ClH/c1-25-18-5-3-2-4-16(18)17-12-21-10-11-23(17)13-19(24)22-20(14-6-7-14)15-8-9-15;/h2-5,14-15,17,20-21H,6-13H2,1H3,(H,22,24);1H. The number of carbonyl (C=O) groups is 1. The molecular weight excluding hydrogens is 350 g/mol. The van der Waals surface area contributed by atoms with Crippen LogP contribution in [0.4, 0.5) is 0 Å². The van der Waals surface area contributed by atoms with Gasteiger partial charge in [-0.15, -0.1) is 12.4 Å². The van der Waals surface area contributed by atoms with E-state index in [0.29, 0.717) is 12.6 Å². The predicted octanol–water partition coefficient (Wildman–Crippen LogP) is 2.37. The molecule has 1 aromatic rings. The molecule has 0 bridgehead atoms. The number of rotatable bonds is 7. The normalized spacial score (nSPS) is 23.4. The third-order valence-electron chi connectivity index (χ3n) is 5.79. The van der Waals surface area contributed by atoms with E-state index in [2.05, 4.69) is 21.6 Å². The summed E-state index contributed by atoms with van der Waals surface area (Å²) in [6.45, 7) is 3.13. The smallest absolute Gasteiger partial charge is 0.234 e. The van der Waals surface area contributed by atoms with Gasteiger partial charge in [-0.1, -0.05) is 18.2 Å². The van der Waals surface area contributed by atoms with E-state index >= 15 is 0 Å². The van der Waals surface area contributed by atoms with Gasteiger partial charge >= 0.3 is 0 Å². The van der Waals surface area contributed by atoms with Crippen LogP contribution in [-0.2, 0) is 4.79 Å². The summed E-state index contributed by atoms with van der Waals surface area (Å²) in [4.78, 5) is 15.0. The van der Waals surface area contributed by atoms with Gasteiger partial charge < -0.3 is 15.4 Å². The number of methoxy groups -OCH3 is 1. The number of halogens is 1. The maximum absolute atomic E-state index is 12.7. The first kappa shape index (κ1) is 19.5. The van der Waals surface area contributed by atoms with Crippen molar-refractivity contribution in [3.05, 3.63) is 29.8 Å². The van der Waals surface area contributed by atoms with Gasteiger partial charge in [0, 0.05) is 31.2 Å². The quantitative estimate of drug-likeness (QED) is 0.763. The molecule has 1 aliphatic heterocycles. The zero-order chi connectivity index (χ0) is 17.2. The number of hydrogen-bond donors (Lipinski definition) is 2. The van der Waals surface area contributed by atoms with Crippen molar-refractivity contribution in [1.29, 1.82) is 0 Å². The summed E-state index contributed by atoms with van der Waals surface area (Å²) >= 11 is 0. The molecule has 6 heteroatoms. The van der Waals surface area contributed by atoms with Crippen molar-refractivity contribution in [1.82, 2.24) is 15.5 Å². The minimum absolute atomic E-state index is 0. The molecule has 1 atom stereocenters. The molecular formula is C20H30ClN3O2. The Balaban J connectivity index is 0.00000196. The van der Waals surface area contributed by atoms with Crippen LogP contribution in [0, 0.1) is 11.8 Å². The van der Waals surface area contributed by atoms with Gasteiger partial charge in [-0.05, 0) is 43.6 Å². The Morgan fingerprint density at radius 1 is 1.27 bits per heavy atom. The zero-order valence-corrected chi connectivity index (χ0v) is 16.3. The second-order valence-electron chi connectivity index (χ2n) is 7.70. The molecule has 1 amide bonds. The largest absolute Gasteiger partial charge is 0.496 e. The van der Waals surface area contributed by atoms with E-state index in [9.17, 15) is 4.79 Å². The molecule has 0 spiro atoms. The lowest BCUT2D eigenvalue weighted by Crippen LogP contribution is -2.51. The molecule has 1 heterocycles. The molecule has 1 saturated heterocycles. The van der Waals surface area contributed by atoms with Gasteiger partial charge in [-0.25, -0.2) is 0 Å². The van der Waals surface area contributed by atoms with Crippen LogP contribution in [0.1, 0.15) is 37.3 Å². The van der Waals surface area contributed by atoms with Gasteiger partial charge in [0.2, 0.25) is 5.91 Å². The van der Waals surface area contributed by atoms with Crippen molar-refractivity contribution in [3.63, 3.8) is 0 Å². The van der Waals surface area contributed by atoms with Crippen molar-refractivity contribution >= 4 is 18.3 Å². The van der Waals surface area contributed by atoms with Crippen LogP contribution in [0.5, 0.6) is 5.75 Å². The molecule has 5 nitrogen and oxygen atoms in total. The SMILES string of the molecule is COc1ccccc1C1CNCCN1CC(=O)NC(C1CC1)C1CC1.Cl. The number of benzene rings is 1. The summed E-state index contributed by atoms with van der Waals surface area (Å²) in [6, 6.07) is 8.75. The summed E-state index contributed by atoms with van der Waals surface area (Å²) in [5.41, 5.74) is 1.16. The van der Waals surface area contributed by atoms with Crippen molar-refractivity contribution in [2.75, 3.05) is 33.3 Å². The molecule has 2 aliphatic carbocycles. The van der Waals surface area contributed by atoms with Crippen LogP contribution in [-0.4, -0.2) is 50.1 Å². The fraction of sp³-hybridized carbons (Fsp3) is 0.650. The number of nitrogens with one attached hydrogen (secondary N) is 2. The number of nitrogens with zero attached hydrogens (tertiary/aromatic N) is 1. The highest BCUT2D eigenvalue weighted by Gasteiger charge is 2.42. The second-order valence-corrected chi connectivity index (χ2v) is 7.70. The number of para-hydroxylation sites is 1. The molecule has 2 saturated carbocycles. The molecule has 3 aliphatic rings. The Morgan fingerprint density at radius 2 is 1.96 bits per heavy atom. The lowest BCUT2D eigenvalue weighted by molar-refractivity contribution is -0.124. The number of amides is 1. The van der Waals surface area contributed by atoms with Gasteiger partial charge in [0.25, 0.3) is 0 Å². The third kappa shape index (κ3) is 4.51. The molecule has 144 valence electrons. The van der Waals surface area contributed by atoms with Gasteiger partial charge in [0.1, 0.15) is 5.75 Å². The number of ether oxygens (including phenoxy) is 1.